The quantitative estimate of drug-likeness (QED) is 0.934. The van der Waals surface area contributed by atoms with Crippen LogP contribution in [0.4, 0.5) is 0 Å². The molecule has 2 aromatic rings. The molecule has 0 atom stereocenters. The van der Waals surface area contributed by atoms with Crippen LogP contribution in [0.5, 0.6) is 0 Å². The van der Waals surface area contributed by atoms with Gasteiger partial charge in [0.05, 0.1) is 5.71 Å². The maximum atomic E-state index is 12.3. The molecular weight excluding hydrogens is 276 g/mol. The highest BCUT2D eigenvalue weighted by Crippen LogP contribution is 2.32. The summed E-state index contributed by atoms with van der Waals surface area (Å²) in [7, 11) is 4.18. The van der Waals surface area contributed by atoms with Crippen molar-refractivity contribution in [3.8, 4) is 0 Å². The van der Waals surface area contributed by atoms with E-state index in [0.29, 0.717) is 0 Å². The van der Waals surface area contributed by atoms with Crippen molar-refractivity contribution >= 4 is 22.4 Å². The van der Waals surface area contributed by atoms with Gasteiger partial charge in [0.2, 0.25) is 0 Å². The number of ketones is 1. The van der Waals surface area contributed by atoms with Crippen LogP contribution in [0.1, 0.15) is 21.6 Å². The van der Waals surface area contributed by atoms with E-state index in [1.54, 1.807) is 0 Å². The summed E-state index contributed by atoms with van der Waals surface area (Å²) in [6.45, 7) is 4.01. The Morgan fingerprint density at radius 2 is 2.18 bits per heavy atom. The number of rotatable bonds is 3. The third-order valence-corrected chi connectivity index (χ3v) is 4.52. The van der Waals surface area contributed by atoms with Crippen molar-refractivity contribution in [2.45, 2.75) is 6.54 Å². The average molecular weight is 296 g/mol. The fourth-order valence-electron chi connectivity index (χ4n) is 3.42. The summed E-state index contributed by atoms with van der Waals surface area (Å²) in [6, 6.07) is 5.93. The summed E-state index contributed by atoms with van der Waals surface area (Å²) in [6.07, 6.45) is 0. The van der Waals surface area contributed by atoms with Crippen LogP contribution in [0.25, 0.3) is 10.9 Å². The minimum Gasteiger partial charge on any atom is -0.357 e. The summed E-state index contributed by atoms with van der Waals surface area (Å²) >= 11 is 0. The predicted octanol–water partition coefficient (Wildman–Crippen LogP) is 1.53. The molecule has 22 heavy (non-hydrogen) atoms. The molecule has 5 nitrogen and oxygen atoms in total. The zero-order chi connectivity index (χ0) is 15.3. The second kappa shape index (κ2) is 5.04. The van der Waals surface area contributed by atoms with Crippen molar-refractivity contribution in [3.05, 3.63) is 35.0 Å². The SMILES string of the molecule is CN(C)CCN1CC2=NCC(=O)c3cccc4[nH]c(c2c34)C1. The molecule has 2 aliphatic heterocycles. The van der Waals surface area contributed by atoms with Crippen LogP contribution in [0.2, 0.25) is 0 Å². The molecule has 1 aromatic heterocycles. The number of H-pyrrole nitrogens is 1. The molecule has 5 heteroatoms. The van der Waals surface area contributed by atoms with E-state index >= 15 is 0 Å². The van der Waals surface area contributed by atoms with Gasteiger partial charge in [-0.05, 0) is 20.2 Å². The van der Waals surface area contributed by atoms with Crippen LogP contribution in [0.3, 0.4) is 0 Å². The summed E-state index contributed by atoms with van der Waals surface area (Å²) in [5, 5.41) is 1.08. The van der Waals surface area contributed by atoms with Crippen molar-refractivity contribution in [2.24, 2.45) is 4.99 Å². The molecule has 2 aliphatic rings. The Hall–Kier alpha value is -1.98. The lowest BCUT2D eigenvalue weighted by Crippen LogP contribution is -2.39. The Balaban J connectivity index is 1.81. The molecule has 0 spiro atoms. The molecule has 0 aliphatic carbocycles. The molecule has 114 valence electrons. The van der Waals surface area contributed by atoms with Gasteiger partial charge < -0.3 is 9.88 Å². The van der Waals surface area contributed by atoms with Crippen molar-refractivity contribution in [2.75, 3.05) is 40.3 Å². The molecular formula is C17H20N4O. The normalized spacial score (nSPS) is 18.0. The second-order valence-corrected chi connectivity index (χ2v) is 6.41. The number of likely N-dealkylation sites (N-methyl/N-ethyl adjacent to an activating group) is 1. The largest absolute Gasteiger partial charge is 0.357 e. The van der Waals surface area contributed by atoms with Crippen LogP contribution in [0.15, 0.2) is 23.2 Å². The zero-order valence-electron chi connectivity index (χ0n) is 13.0. The van der Waals surface area contributed by atoms with Crippen LogP contribution in [-0.2, 0) is 6.54 Å². The minimum absolute atomic E-state index is 0.120. The smallest absolute Gasteiger partial charge is 0.184 e. The van der Waals surface area contributed by atoms with Crippen molar-refractivity contribution in [1.82, 2.24) is 14.8 Å². The molecule has 3 heterocycles. The molecule has 0 saturated heterocycles. The van der Waals surface area contributed by atoms with Gasteiger partial charge in [-0.25, -0.2) is 0 Å². The van der Waals surface area contributed by atoms with E-state index in [2.05, 4.69) is 39.9 Å². The maximum absolute atomic E-state index is 12.3. The Labute approximate surface area is 129 Å². The van der Waals surface area contributed by atoms with Crippen LogP contribution in [0, 0.1) is 0 Å². The number of benzene rings is 1. The Morgan fingerprint density at radius 1 is 1.32 bits per heavy atom. The number of Topliss-reactive ketones (excluding diaryl/α,β-unsaturated/α-hetero) is 1. The lowest BCUT2D eigenvalue weighted by molar-refractivity contribution is 0.100. The highest BCUT2D eigenvalue weighted by atomic mass is 16.1. The van der Waals surface area contributed by atoms with E-state index in [-0.39, 0.29) is 12.3 Å². The first kappa shape index (κ1) is 13.7. The van der Waals surface area contributed by atoms with E-state index in [1.807, 2.05) is 12.1 Å². The minimum atomic E-state index is 0.120. The van der Waals surface area contributed by atoms with E-state index in [9.17, 15) is 4.79 Å². The summed E-state index contributed by atoms with van der Waals surface area (Å²) < 4.78 is 0. The Kier molecular flexibility index (Phi) is 3.13. The standard InChI is InChI=1S/C17H20N4O/c1-20(2)6-7-21-9-13-17-14(10-21)19-12-5-3-4-11(16(12)17)15(22)8-18-13/h3-5,19H,6-10H2,1-2H3. The van der Waals surface area contributed by atoms with Crippen LogP contribution in [-0.4, -0.2) is 66.6 Å². The molecule has 0 amide bonds. The van der Waals surface area contributed by atoms with Gasteiger partial charge in [0.25, 0.3) is 0 Å². The van der Waals surface area contributed by atoms with E-state index in [1.165, 1.54) is 11.3 Å². The van der Waals surface area contributed by atoms with Gasteiger partial charge in [-0.2, -0.15) is 0 Å². The first-order chi connectivity index (χ1) is 10.6. The van der Waals surface area contributed by atoms with Gasteiger partial charge in [-0.3, -0.25) is 14.7 Å². The lowest BCUT2D eigenvalue weighted by Gasteiger charge is -2.28. The highest BCUT2D eigenvalue weighted by molar-refractivity contribution is 6.22. The van der Waals surface area contributed by atoms with Crippen molar-refractivity contribution < 1.29 is 4.79 Å². The number of aliphatic imine (C=N–C) groups is 1. The molecule has 4 rings (SSSR count). The van der Waals surface area contributed by atoms with Crippen LogP contribution >= 0.6 is 0 Å². The first-order valence-corrected chi connectivity index (χ1v) is 7.71. The monoisotopic (exact) mass is 296 g/mol. The lowest BCUT2D eigenvalue weighted by atomic mass is 9.97. The van der Waals surface area contributed by atoms with Gasteiger partial charge in [-0.15, -0.1) is 0 Å². The number of carbonyl (C=O) groups excluding carboxylic acids is 1. The fraction of sp³-hybridized carbons (Fsp3) is 0.412. The third kappa shape index (κ3) is 2.09. The predicted molar refractivity (Wildman–Crippen MR) is 87.9 cm³/mol. The number of nitrogens with zero attached hydrogens (tertiary/aromatic N) is 3. The van der Waals surface area contributed by atoms with E-state index < -0.39 is 0 Å². The maximum Gasteiger partial charge on any atom is 0.184 e. The van der Waals surface area contributed by atoms with Gasteiger partial charge in [0, 0.05) is 53.9 Å². The van der Waals surface area contributed by atoms with Crippen molar-refractivity contribution in [3.63, 3.8) is 0 Å². The van der Waals surface area contributed by atoms with Gasteiger partial charge in [0.15, 0.2) is 5.78 Å². The first-order valence-electron chi connectivity index (χ1n) is 7.71. The van der Waals surface area contributed by atoms with Gasteiger partial charge in [0.1, 0.15) is 6.54 Å². The fourth-order valence-corrected chi connectivity index (χ4v) is 3.42. The molecule has 1 N–H and O–H groups in total. The molecule has 1 aromatic carbocycles. The van der Waals surface area contributed by atoms with E-state index in [4.69, 9.17) is 0 Å². The topological polar surface area (TPSA) is 51.7 Å². The molecule has 0 saturated carbocycles. The van der Waals surface area contributed by atoms with Crippen LogP contribution < -0.4 is 0 Å². The number of carbonyl (C=O) groups is 1. The zero-order valence-corrected chi connectivity index (χ0v) is 13.0. The summed E-state index contributed by atoms with van der Waals surface area (Å²) in [4.78, 5) is 25.0. The second-order valence-electron chi connectivity index (χ2n) is 6.41. The van der Waals surface area contributed by atoms with Gasteiger partial charge in [-0.1, -0.05) is 12.1 Å². The van der Waals surface area contributed by atoms with Gasteiger partial charge >= 0.3 is 0 Å². The number of aromatic amines is 1. The molecule has 0 fully saturated rings. The van der Waals surface area contributed by atoms with Crippen molar-refractivity contribution in [1.29, 1.82) is 0 Å². The number of hydrogen-bond acceptors (Lipinski definition) is 4. The number of aromatic nitrogens is 1. The average Bonchev–Trinajstić information content (AvgIpc) is 2.81. The summed E-state index contributed by atoms with van der Waals surface area (Å²) in [5.74, 6) is 0.120. The number of hydrogen-bond donors (Lipinski definition) is 1. The molecule has 0 unspecified atom stereocenters. The Bertz CT molecular complexity index is 787. The summed E-state index contributed by atoms with van der Waals surface area (Å²) in [5.41, 5.74) is 5.30. The third-order valence-electron chi connectivity index (χ3n) is 4.52. The molecule has 0 bridgehead atoms. The Morgan fingerprint density at radius 3 is 3.00 bits per heavy atom. The highest BCUT2D eigenvalue weighted by Gasteiger charge is 2.29. The van der Waals surface area contributed by atoms with E-state index in [0.717, 1.165) is 48.4 Å². The number of nitrogens with one attached hydrogen (secondary N) is 1. The molecule has 0 radical (unpaired) electrons.